The summed E-state index contributed by atoms with van der Waals surface area (Å²) in [4.78, 5) is 51.6. The van der Waals surface area contributed by atoms with E-state index in [2.05, 4.69) is 12.1 Å². The van der Waals surface area contributed by atoms with E-state index < -0.39 is 54.6 Å². The van der Waals surface area contributed by atoms with Gasteiger partial charge in [-0.15, -0.1) is 0 Å². The SMILES string of the molecule is CCCC1(CCC)O[C@@H]2[C@@H](O1)[C@H](n1cc(F)c(=O)n(CC=C(C)CCC=C(C)C)c1=O)O[C@H]2CP(O)(O)(CCC#N)N(C(C)C)C(C)C. The van der Waals surface area contributed by atoms with Crippen molar-refractivity contribution < 1.29 is 28.4 Å². The van der Waals surface area contributed by atoms with Crippen molar-refractivity contribution in [1.29, 1.82) is 5.26 Å². The number of ether oxygens (including phenoxy) is 3. The molecule has 2 saturated heterocycles. The number of halogens is 1. The molecule has 2 N–H and O–H groups in total. The van der Waals surface area contributed by atoms with Gasteiger partial charge in [0.15, 0.2) is 0 Å². The summed E-state index contributed by atoms with van der Waals surface area (Å²) in [6, 6.07) is 1.51. The molecule has 3 rings (SSSR count). The summed E-state index contributed by atoms with van der Waals surface area (Å²) in [6.07, 6.45) is 4.36. The van der Waals surface area contributed by atoms with Crippen LogP contribution in [0, 0.1) is 17.1 Å². The Balaban J connectivity index is 2.13. The molecule has 0 aliphatic carbocycles. The molecule has 1 aromatic heterocycles. The summed E-state index contributed by atoms with van der Waals surface area (Å²) in [5.74, 6) is -2.13. The number of hydrogen-bond donors (Lipinski definition) is 2. The molecule has 0 unspecified atom stereocenters. The van der Waals surface area contributed by atoms with Gasteiger partial charge in [0.05, 0.1) is 0 Å². The second kappa shape index (κ2) is 16.2. The first-order valence-corrected chi connectivity index (χ1v) is 19.9. The molecule has 4 atom stereocenters. The molecule has 3 heterocycles. The molecular weight excluding hydrogens is 638 g/mol. The summed E-state index contributed by atoms with van der Waals surface area (Å²) >= 11 is 0. The molecule has 0 saturated carbocycles. The standard InChI is InChI=1S/C35H58FN4O7P/c1-10-17-35(18-11-2)46-30-29(23-48(43,44,21-13-19-37)40(25(5)6)26(7)8)45-33(31(30)47-35)39-22-28(36)32(41)38(34(39)42)20-16-27(9)15-12-14-24(3)4/h14,16,22,25-26,29-31,33,43-44H,10-13,15,17-18,20-21,23H2,1-9H3/t29-,30-,31+,33+/m0/s1. The van der Waals surface area contributed by atoms with Gasteiger partial charge < -0.3 is 0 Å². The predicted octanol–water partition coefficient (Wildman–Crippen LogP) is 6.14. The van der Waals surface area contributed by atoms with E-state index in [-0.39, 0.29) is 37.4 Å². The molecule has 2 aliphatic rings. The third-order valence-corrected chi connectivity index (χ3v) is 13.5. The number of hydrogen-bond acceptors (Lipinski definition) is 9. The van der Waals surface area contributed by atoms with E-state index in [1.54, 1.807) is 10.7 Å². The van der Waals surface area contributed by atoms with E-state index in [1.807, 2.05) is 62.3 Å². The van der Waals surface area contributed by atoms with E-state index in [9.17, 15) is 24.6 Å². The number of nitriles is 1. The third kappa shape index (κ3) is 8.91. The molecule has 2 aliphatic heterocycles. The predicted molar refractivity (Wildman–Crippen MR) is 187 cm³/mol. The Labute approximate surface area is 285 Å². The molecule has 1 aromatic rings. The Hall–Kier alpha value is -2.23. The van der Waals surface area contributed by atoms with Crippen LogP contribution in [0.15, 0.2) is 39.1 Å². The zero-order valence-electron chi connectivity index (χ0n) is 30.3. The van der Waals surface area contributed by atoms with Crippen LogP contribution in [0.1, 0.15) is 113 Å². The van der Waals surface area contributed by atoms with Crippen molar-refractivity contribution in [2.24, 2.45) is 0 Å². The normalized spacial score (nSPS) is 23.4. The van der Waals surface area contributed by atoms with Crippen molar-refractivity contribution in [2.45, 2.75) is 156 Å². The molecule has 272 valence electrons. The second-order valence-corrected chi connectivity index (χ2v) is 18.3. The Kier molecular flexibility index (Phi) is 13.6. The maximum atomic E-state index is 15.3. The van der Waals surface area contributed by atoms with Gasteiger partial charge in [-0.05, 0) is 13.8 Å². The van der Waals surface area contributed by atoms with Crippen LogP contribution in [0.5, 0.6) is 0 Å². The van der Waals surface area contributed by atoms with Crippen LogP contribution in [0.2, 0.25) is 0 Å². The second-order valence-electron chi connectivity index (χ2n) is 14.3. The summed E-state index contributed by atoms with van der Waals surface area (Å²) in [5.41, 5.74) is 0.339. The van der Waals surface area contributed by atoms with Crippen LogP contribution in [0.25, 0.3) is 0 Å². The van der Waals surface area contributed by atoms with Gasteiger partial charge in [0.2, 0.25) is 0 Å². The number of nitrogens with zero attached hydrogens (tertiary/aromatic N) is 4. The molecule has 2 fully saturated rings. The third-order valence-electron chi connectivity index (χ3n) is 9.22. The Morgan fingerprint density at radius 3 is 2.23 bits per heavy atom. The fraction of sp³-hybridized carbons (Fsp3) is 0.743. The van der Waals surface area contributed by atoms with E-state index in [0.717, 1.165) is 46.6 Å². The van der Waals surface area contributed by atoms with Gasteiger partial charge in [0.25, 0.3) is 0 Å². The number of fused-ring (bicyclic) bond motifs is 1. The van der Waals surface area contributed by atoms with Crippen molar-refractivity contribution in [3.05, 3.63) is 56.2 Å². The van der Waals surface area contributed by atoms with Gasteiger partial charge in [-0.2, -0.15) is 0 Å². The van der Waals surface area contributed by atoms with Gasteiger partial charge in [-0.3, -0.25) is 0 Å². The summed E-state index contributed by atoms with van der Waals surface area (Å²) in [7, 11) is -4.84. The molecule has 11 nitrogen and oxygen atoms in total. The summed E-state index contributed by atoms with van der Waals surface area (Å²) in [5, 5.41) is 9.49. The molecule has 0 bridgehead atoms. The Morgan fingerprint density at radius 2 is 1.69 bits per heavy atom. The van der Waals surface area contributed by atoms with E-state index >= 15 is 4.39 Å². The zero-order chi connectivity index (χ0) is 36.1. The average molecular weight is 697 g/mol. The average Bonchev–Trinajstić information content (AvgIpc) is 3.49. The molecule has 0 radical (unpaired) electrons. The summed E-state index contributed by atoms with van der Waals surface area (Å²) in [6.45, 7) is 17.3. The van der Waals surface area contributed by atoms with Gasteiger partial charge in [-0.1, -0.05) is 11.6 Å². The first-order valence-electron chi connectivity index (χ1n) is 17.4. The van der Waals surface area contributed by atoms with Crippen LogP contribution in [-0.4, -0.2) is 72.1 Å². The fourth-order valence-corrected chi connectivity index (χ4v) is 11.8. The summed E-state index contributed by atoms with van der Waals surface area (Å²) < 4.78 is 38.6. The molecule has 0 amide bonds. The van der Waals surface area contributed by atoms with Crippen LogP contribution < -0.4 is 11.2 Å². The monoisotopic (exact) mass is 696 g/mol. The maximum absolute atomic E-state index is 15.3. The number of rotatable bonds is 17. The Bertz CT molecular complexity index is 1480. The van der Waals surface area contributed by atoms with Gasteiger partial charge in [0.1, 0.15) is 0 Å². The van der Waals surface area contributed by atoms with E-state index in [4.69, 9.17) is 14.2 Å². The van der Waals surface area contributed by atoms with Gasteiger partial charge >= 0.3 is 260 Å². The first kappa shape index (κ1) is 40.2. The van der Waals surface area contributed by atoms with Crippen LogP contribution in [0.3, 0.4) is 0 Å². The van der Waals surface area contributed by atoms with Crippen molar-refractivity contribution in [1.82, 2.24) is 13.8 Å². The first-order chi connectivity index (χ1) is 22.4. The molecule has 0 aromatic carbocycles. The number of aromatic nitrogens is 2. The zero-order valence-corrected chi connectivity index (χ0v) is 31.2. The fourth-order valence-electron chi connectivity index (χ4n) is 7.47. The van der Waals surface area contributed by atoms with Crippen molar-refractivity contribution >= 4 is 7.21 Å². The van der Waals surface area contributed by atoms with E-state index in [0.29, 0.717) is 12.8 Å². The van der Waals surface area contributed by atoms with Gasteiger partial charge in [0, 0.05) is 0 Å². The molecule has 48 heavy (non-hydrogen) atoms. The minimum absolute atomic E-state index is 0.0884. The number of allylic oxidation sites excluding steroid dienone is 4. The molecule has 13 heteroatoms. The van der Waals surface area contributed by atoms with Crippen molar-refractivity contribution in [3.63, 3.8) is 0 Å². The topological polar surface area (TPSA) is 139 Å². The quantitative estimate of drug-likeness (QED) is 0.145. The van der Waals surface area contributed by atoms with Crippen LogP contribution in [-0.2, 0) is 20.8 Å². The molecule has 0 spiro atoms. The van der Waals surface area contributed by atoms with Gasteiger partial charge in [-0.25, -0.2) is 0 Å². The van der Waals surface area contributed by atoms with Crippen molar-refractivity contribution in [3.8, 4) is 6.07 Å². The minimum atomic E-state index is -4.84. The van der Waals surface area contributed by atoms with Crippen LogP contribution >= 0.6 is 7.21 Å². The Morgan fingerprint density at radius 1 is 1.08 bits per heavy atom. The van der Waals surface area contributed by atoms with Crippen LogP contribution in [0.4, 0.5) is 4.39 Å². The van der Waals surface area contributed by atoms with E-state index in [1.165, 1.54) is 5.57 Å². The van der Waals surface area contributed by atoms with Crippen molar-refractivity contribution in [2.75, 3.05) is 12.3 Å². The molecular formula is C35H58FN4O7P.